The topological polar surface area (TPSA) is 93.5 Å². The van der Waals surface area contributed by atoms with Crippen molar-refractivity contribution in [3.63, 3.8) is 0 Å². The number of para-hydroxylation sites is 2. The Morgan fingerprint density at radius 3 is 2.59 bits per heavy atom. The monoisotopic (exact) mass is 453 g/mol. The molecular formula is C26H27N7O. The number of hydrogen-bond acceptors (Lipinski definition) is 6. The van der Waals surface area contributed by atoms with Gasteiger partial charge in [-0.1, -0.05) is 12.1 Å². The van der Waals surface area contributed by atoms with Gasteiger partial charge >= 0.3 is 0 Å². The van der Waals surface area contributed by atoms with Crippen molar-refractivity contribution in [1.82, 2.24) is 35.0 Å². The zero-order valence-electron chi connectivity index (χ0n) is 19.4. The number of aromatic amines is 1. The van der Waals surface area contributed by atoms with Crippen LogP contribution in [0.5, 0.6) is 11.6 Å². The number of nitrogens with one attached hydrogen (secondary N) is 2. The Morgan fingerprint density at radius 1 is 0.971 bits per heavy atom. The number of fused-ring (bicyclic) bond motifs is 2. The van der Waals surface area contributed by atoms with E-state index in [4.69, 9.17) is 19.8 Å². The smallest absolute Gasteiger partial charge is 0.246 e. The van der Waals surface area contributed by atoms with Gasteiger partial charge in [-0.05, 0) is 70.0 Å². The van der Waals surface area contributed by atoms with Gasteiger partial charge in [-0.25, -0.2) is 15.0 Å². The highest BCUT2D eigenvalue weighted by atomic mass is 16.5. The molecule has 6 rings (SSSR count). The second kappa shape index (κ2) is 8.53. The van der Waals surface area contributed by atoms with E-state index in [2.05, 4.69) is 26.2 Å². The van der Waals surface area contributed by atoms with Crippen molar-refractivity contribution in [1.29, 1.82) is 0 Å². The van der Waals surface area contributed by atoms with Crippen molar-refractivity contribution in [3.8, 4) is 22.9 Å². The van der Waals surface area contributed by atoms with Gasteiger partial charge in [0, 0.05) is 24.4 Å². The lowest BCUT2D eigenvalue weighted by Gasteiger charge is -2.22. The summed E-state index contributed by atoms with van der Waals surface area (Å²) in [6.07, 6.45) is 4.44. The Kier molecular flexibility index (Phi) is 5.22. The molecule has 0 amide bonds. The first kappa shape index (κ1) is 20.8. The fourth-order valence-electron chi connectivity index (χ4n) is 4.69. The Balaban J connectivity index is 1.40. The summed E-state index contributed by atoms with van der Waals surface area (Å²) in [5, 5.41) is 8.24. The average Bonchev–Trinajstić information content (AvgIpc) is 3.39. The summed E-state index contributed by atoms with van der Waals surface area (Å²) >= 11 is 0. The number of ether oxygens (including phenoxy) is 1. The average molecular weight is 454 g/mol. The third-order valence-electron chi connectivity index (χ3n) is 6.43. The number of piperidine rings is 1. The molecule has 0 atom stereocenters. The summed E-state index contributed by atoms with van der Waals surface area (Å²) in [6.45, 7) is 7.03. The second-order valence-corrected chi connectivity index (χ2v) is 9.01. The largest absolute Gasteiger partial charge is 0.437 e. The molecule has 0 aliphatic carbocycles. The minimum absolute atomic E-state index is 0.471. The third kappa shape index (κ3) is 4.01. The fraction of sp³-hybridized carbons (Fsp3) is 0.308. The lowest BCUT2D eigenvalue weighted by atomic mass is 9.98. The van der Waals surface area contributed by atoms with Crippen molar-refractivity contribution in [2.75, 3.05) is 13.1 Å². The second-order valence-electron chi connectivity index (χ2n) is 9.01. The summed E-state index contributed by atoms with van der Waals surface area (Å²) in [5.41, 5.74) is 6.02. The van der Waals surface area contributed by atoms with E-state index in [1.54, 1.807) is 0 Å². The molecule has 3 aromatic heterocycles. The van der Waals surface area contributed by atoms with Gasteiger partial charge < -0.3 is 15.0 Å². The number of H-pyrrole nitrogens is 1. The van der Waals surface area contributed by atoms with E-state index in [1.165, 1.54) is 12.8 Å². The van der Waals surface area contributed by atoms with Gasteiger partial charge in [-0.2, -0.15) is 5.10 Å². The lowest BCUT2D eigenvalue weighted by Crippen LogP contribution is -2.30. The Labute approximate surface area is 197 Å². The molecule has 1 aliphatic rings. The number of rotatable bonds is 5. The molecule has 0 bridgehead atoms. The van der Waals surface area contributed by atoms with E-state index in [0.717, 1.165) is 58.8 Å². The van der Waals surface area contributed by atoms with E-state index in [9.17, 15) is 0 Å². The van der Waals surface area contributed by atoms with Gasteiger partial charge in [0.15, 0.2) is 0 Å². The maximum absolute atomic E-state index is 6.34. The first-order valence-corrected chi connectivity index (χ1v) is 11.8. The van der Waals surface area contributed by atoms with Crippen molar-refractivity contribution in [2.24, 2.45) is 5.92 Å². The van der Waals surface area contributed by atoms with Crippen LogP contribution in [0.1, 0.15) is 24.4 Å². The molecule has 34 heavy (non-hydrogen) atoms. The molecule has 4 heterocycles. The zero-order chi connectivity index (χ0) is 23.1. The number of aromatic nitrogens is 6. The first-order chi connectivity index (χ1) is 16.6. The number of benzene rings is 2. The summed E-state index contributed by atoms with van der Waals surface area (Å²) in [5.74, 6) is 2.66. The molecule has 0 radical (unpaired) electrons. The molecule has 0 saturated carbocycles. The molecule has 8 nitrogen and oxygen atoms in total. The maximum Gasteiger partial charge on any atom is 0.246 e. The Morgan fingerprint density at radius 2 is 1.76 bits per heavy atom. The third-order valence-corrected chi connectivity index (χ3v) is 6.43. The van der Waals surface area contributed by atoms with Crippen molar-refractivity contribution < 1.29 is 4.74 Å². The van der Waals surface area contributed by atoms with Gasteiger partial charge in [0.2, 0.25) is 5.88 Å². The summed E-state index contributed by atoms with van der Waals surface area (Å²) in [6, 6.07) is 13.7. The molecular weight excluding hydrogens is 426 g/mol. The van der Waals surface area contributed by atoms with Gasteiger partial charge in [-0.3, -0.25) is 4.68 Å². The predicted molar refractivity (Wildman–Crippen MR) is 132 cm³/mol. The highest BCUT2D eigenvalue weighted by Gasteiger charge is 2.20. The molecule has 1 aliphatic heterocycles. The van der Waals surface area contributed by atoms with E-state index in [-0.39, 0.29) is 0 Å². The number of aryl methyl sites for hydroxylation is 2. The van der Waals surface area contributed by atoms with Gasteiger partial charge in [0.25, 0.3) is 0 Å². The molecule has 8 heteroatoms. The minimum Gasteiger partial charge on any atom is -0.437 e. The van der Waals surface area contributed by atoms with Crippen LogP contribution in [0.25, 0.3) is 33.3 Å². The van der Waals surface area contributed by atoms with E-state index in [1.807, 2.05) is 56.3 Å². The number of imidazole rings is 1. The molecule has 5 aromatic rings. The van der Waals surface area contributed by atoms with Crippen molar-refractivity contribution in [3.05, 3.63) is 60.2 Å². The SMILES string of the molecule is Cc1nc2ccc(Oc3nc4ccccc4nc3-c3cn(CC4CCNCC4)nc3C)cc2[nH]1. The van der Waals surface area contributed by atoms with Crippen molar-refractivity contribution in [2.45, 2.75) is 33.2 Å². The molecule has 1 saturated heterocycles. The molecule has 172 valence electrons. The summed E-state index contributed by atoms with van der Waals surface area (Å²) < 4.78 is 8.39. The first-order valence-electron chi connectivity index (χ1n) is 11.8. The quantitative estimate of drug-likeness (QED) is 0.398. The maximum atomic E-state index is 6.34. The molecule has 0 spiro atoms. The molecule has 0 unspecified atom stereocenters. The van der Waals surface area contributed by atoms with Crippen LogP contribution in [-0.4, -0.2) is 42.8 Å². The molecule has 2 N–H and O–H groups in total. The Bertz CT molecular complexity index is 1480. The van der Waals surface area contributed by atoms with Gasteiger partial charge in [-0.15, -0.1) is 0 Å². The van der Waals surface area contributed by atoms with Crippen LogP contribution in [0.15, 0.2) is 48.7 Å². The van der Waals surface area contributed by atoms with Gasteiger partial charge in [0.05, 0.1) is 27.8 Å². The predicted octanol–water partition coefficient (Wildman–Crippen LogP) is 4.78. The highest BCUT2D eigenvalue weighted by Crippen LogP contribution is 2.34. The van der Waals surface area contributed by atoms with Gasteiger partial charge in [0.1, 0.15) is 17.3 Å². The van der Waals surface area contributed by atoms with E-state index in [0.29, 0.717) is 23.2 Å². The van der Waals surface area contributed by atoms with Crippen LogP contribution in [0.4, 0.5) is 0 Å². The lowest BCUT2D eigenvalue weighted by molar-refractivity contribution is 0.321. The van der Waals surface area contributed by atoms with Crippen LogP contribution in [0.3, 0.4) is 0 Å². The van der Waals surface area contributed by atoms with Crippen LogP contribution in [0, 0.1) is 19.8 Å². The van der Waals surface area contributed by atoms with Crippen LogP contribution in [-0.2, 0) is 6.54 Å². The minimum atomic E-state index is 0.471. The summed E-state index contributed by atoms with van der Waals surface area (Å²) in [4.78, 5) is 17.5. The van der Waals surface area contributed by atoms with E-state index < -0.39 is 0 Å². The number of hydrogen-bond donors (Lipinski definition) is 2. The zero-order valence-corrected chi connectivity index (χ0v) is 19.4. The van der Waals surface area contributed by atoms with Crippen LogP contribution >= 0.6 is 0 Å². The standard InChI is InChI=1S/C26H27N7O/c1-16-20(15-33(32-16)14-18-9-11-27-12-10-18)25-26(31-22-6-4-3-5-21(22)30-25)34-19-7-8-23-24(13-19)29-17(2)28-23/h3-8,13,15,18,27H,9-12,14H2,1-2H3,(H,28,29). The summed E-state index contributed by atoms with van der Waals surface area (Å²) in [7, 11) is 0. The van der Waals surface area contributed by atoms with Crippen molar-refractivity contribution >= 4 is 22.1 Å². The van der Waals surface area contributed by atoms with Crippen LogP contribution < -0.4 is 10.1 Å². The van der Waals surface area contributed by atoms with Crippen LogP contribution in [0.2, 0.25) is 0 Å². The molecule has 1 fully saturated rings. The normalized spacial score (nSPS) is 14.8. The fourth-order valence-corrected chi connectivity index (χ4v) is 4.69. The Hall–Kier alpha value is -3.78. The number of nitrogens with zero attached hydrogens (tertiary/aromatic N) is 5. The molecule has 2 aromatic carbocycles. The van der Waals surface area contributed by atoms with E-state index >= 15 is 0 Å². The highest BCUT2D eigenvalue weighted by molar-refractivity contribution is 5.81.